The van der Waals surface area contributed by atoms with E-state index in [1.807, 2.05) is 32.0 Å². The third-order valence-corrected chi connectivity index (χ3v) is 4.11. The number of benzene rings is 1. The van der Waals surface area contributed by atoms with Gasteiger partial charge in [-0.2, -0.15) is 0 Å². The number of hydrogen-bond donors (Lipinski definition) is 1. The molecule has 0 bridgehead atoms. The number of likely N-dealkylation sites (tertiary alicyclic amines) is 1. The summed E-state index contributed by atoms with van der Waals surface area (Å²) in [5.74, 6) is -0.421. The largest absolute Gasteiger partial charge is 0.387 e. The van der Waals surface area contributed by atoms with Crippen LogP contribution < -0.4 is 0 Å². The molecule has 1 saturated carbocycles. The van der Waals surface area contributed by atoms with Crippen molar-refractivity contribution in [2.45, 2.75) is 26.4 Å². The topological polar surface area (TPSA) is 57.6 Å². The highest BCUT2D eigenvalue weighted by molar-refractivity contribution is 6.08. The Labute approximate surface area is 112 Å². The van der Waals surface area contributed by atoms with Crippen LogP contribution in [0, 0.1) is 25.7 Å². The van der Waals surface area contributed by atoms with E-state index in [-0.39, 0.29) is 30.2 Å². The maximum absolute atomic E-state index is 11.9. The molecule has 19 heavy (non-hydrogen) atoms. The maximum atomic E-state index is 11.9. The Morgan fingerprint density at radius 1 is 1.26 bits per heavy atom. The fraction of sp³-hybridized carbons (Fsp3) is 0.467. The standard InChI is InChI=1S/C15H17NO3/c1-8-3-4-9(2)10(5-8)13(17)7-16-14(18)11-6-12(11)15(16)19/h3-5,11-13,17H,6-7H2,1-2H3. The number of fused-ring (bicyclic) bond motifs is 1. The molecule has 100 valence electrons. The molecule has 0 aromatic heterocycles. The van der Waals surface area contributed by atoms with E-state index in [2.05, 4.69) is 0 Å². The Balaban J connectivity index is 1.78. The molecule has 1 aromatic carbocycles. The van der Waals surface area contributed by atoms with Crippen molar-refractivity contribution in [2.75, 3.05) is 6.54 Å². The lowest BCUT2D eigenvalue weighted by molar-refractivity contribution is -0.143. The van der Waals surface area contributed by atoms with E-state index in [9.17, 15) is 14.7 Å². The molecule has 0 spiro atoms. The molecule has 1 N–H and O–H groups in total. The molecule has 4 heteroatoms. The molecule has 2 fully saturated rings. The SMILES string of the molecule is Cc1ccc(C)c(C(O)CN2C(=O)C3CC3C2=O)c1. The van der Waals surface area contributed by atoms with E-state index < -0.39 is 6.10 Å². The first-order valence-electron chi connectivity index (χ1n) is 6.59. The van der Waals surface area contributed by atoms with Gasteiger partial charge in [-0.3, -0.25) is 14.5 Å². The normalized spacial score (nSPS) is 26.6. The minimum Gasteiger partial charge on any atom is -0.387 e. The van der Waals surface area contributed by atoms with Gasteiger partial charge in [-0.25, -0.2) is 0 Å². The number of carbonyl (C=O) groups excluding carboxylic acids is 2. The second-order valence-corrected chi connectivity index (χ2v) is 5.61. The molecule has 1 saturated heterocycles. The molecule has 0 radical (unpaired) electrons. The van der Waals surface area contributed by atoms with Gasteiger partial charge in [0.2, 0.25) is 11.8 Å². The van der Waals surface area contributed by atoms with Crippen LogP contribution in [-0.4, -0.2) is 28.4 Å². The van der Waals surface area contributed by atoms with Gasteiger partial charge in [-0.05, 0) is 31.4 Å². The molecule has 2 aliphatic rings. The van der Waals surface area contributed by atoms with E-state index >= 15 is 0 Å². The summed E-state index contributed by atoms with van der Waals surface area (Å²) >= 11 is 0. The summed E-state index contributed by atoms with van der Waals surface area (Å²) in [5.41, 5.74) is 2.82. The first-order chi connectivity index (χ1) is 8.99. The predicted octanol–water partition coefficient (Wildman–Crippen LogP) is 1.34. The molecule has 1 aromatic rings. The number of aryl methyl sites for hydroxylation is 2. The number of aliphatic hydroxyl groups excluding tert-OH is 1. The van der Waals surface area contributed by atoms with Crippen molar-refractivity contribution in [3.05, 3.63) is 34.9 Å². The van der Waals surface area contributed by atoms with Gasteiger partial charge in [0.05, 0.1) is 24.5 Å². The summed E-state index contributed by atoms with van der Waals surface area (Å²) in [6.45, 7) is 3.95. The van der Waals surface area contributed by atoms with Crippen LogP contribution in [0.4, 0.5) is 0 Å². The molecule has 3 unspecified atom stereocenters. The lowest BCUT2D eigenvalue weighted by Gasteiger charge is -2.22. The Morgan fingerprint density at radius 3 is 2.53 bits per heavy atom. The zero-order chi connectivity index (χ0) is 13.7. The lowest BCUT2D eigenvalue weighted by Crippen LogP contribution is -2.36. The summed E-state index contributed by atoms with van der Waals surface area (Å²) in [4.78, 5) is 25.0. The van der Waals surface area contributed by atoms with Crippen LogP contribution >= 0.6 is 0 Å². The van der Waals surface area contributed by atoms with Gasteiger partial charge in [0.15, 0.2) is 0 Å². The maximum Gasteiger partial charge on any atom is 0.233 e. The summed E-state index contributed by atoms with van der Waals surface area (Å²) < 4.78 is 0. The van der Waals surface area contributed by atoms with Crippen molar-refractivity contribution in [3.8, 4) is 0 Å². The van der Waals surface area contributed by atoms with Gasteiger partial charge in [0.25, 0.3) is 0 Å². The molecular formula is C15H17NO3. The van der Waals surface area contributed by atoms with Crippen LogP contribution in [0.5, 0.6) is 0 Å². The van der Waals surface area contributed by atoms with Crippen molar-refractivity contribution in [1.29, 1.82) is 0 Å². The summed E-state index contributed by atoms with van der Waals surface area (Å²) in [7, 11) is 0. The minimum absolute atomic E-state index is 0.0783. The third kappa shape index (κ3) is 1.96. The number of hydrogen-bond acceptors (Lipinski definition) is 3. The minimum atomic E-state index is -0.801. The quantitative estimate of drug-likeness (QED) is 0.833. The third-order valence-electron chi connectivity index (χ3n) is 4.11. The van der Waals surface area contributed by atoms with Crippen LogP contribution in [0.3, 0.4) is 0 Å². The highest BCUT2D eigenvalue weighted by atomic mass is 16.3. The van der Waals surface area contributed by atoms with Crippen molar-refractivity contribution < 1.29 is 14.7 Å². The van der Waals surface area contributed by atoms with Gasteiger partial charge in [0.1, 0.15) is 0 Å². The van der Waals surface area contributed by atoms with E-state index in [1.165, 1.54) is 4.90 Å². The second-order valence-electron chi connectivity index (χ2n) is 5.61. The fourth-order valence-electron chi connectivity index (χ4n) is 2.82. The number of carbonyl (C=O) groups is 2. The van der Waals surface area contributed by atoms with Gasteiger partial charge < -0.3 is 5.11 Å². The summed E-state index contributed by atoms with van der Waals surface area (Å²) in [5, 5.41) is 10.3. The van der Waals surface area contributed by atoms with E-state index in [0.29, 0.717) is 6.42 Å². The van der Waals surface area contributed by atoms with E-state index in [4.69, 9.17) is 0 Å². The zero-order valence-corrected chi connectivity index (χ0v) is 11.1. The lowest BCUT2D eigenvalue weighted by atomic mass is 10.0. The second kappa shape index (κ2) is 4.17. The number of piperidine rings is 1. The Hall–Kier alpha value is -1.68. The number of aliphatic hydroxyl groups is 1. The van der Waals surface area contributed by atoms with Gasteiger partial charge in [-0.15, -0.1) is 0 Å². The highest BCUT2D eigenvalue weighted by Crippen LogP contribution is 2.47. The van der Waals surface area contributed by atoms with Crippen LogP contribution in [0.15, 0.2) is 18.2 Å². The van der Waals surface area contributed by atoms with Crippen LogP contribution in [0.1, 0.15) is 29.2 Å². The van der Waals surface area contributed by atoms with E-state index in [1.54, 1.807) is 0 Å². The molecule has 3 atom stereocenters. The monoisotopic (exact) mass is 259 g/mol. The van der Waals surface area contributed by atoms with Crippen molar-refractivity contribution in [2.24, 2.45) is 11.8 Å². The number of nitrogens with zero attached hydrogens (tertiary/aromatic N) is 1. The Bertz CT molecular complexity index is 547. The molecule has 2 amide bonds. The summed E-state index contributed by atoms with van der Waals surface area (Å²) in [6.07, 6.45) is -0.0985. The number of amides is 2. The Morgan fingerprint density at radius 2 is 1.89 bits per heavy atom. The Kier molecular flexibility index (Phi) is 2.71. The van der Waals surface area contributed by atoms with Crippen molar-refractivity contribution in [1.82, 2.24) is 4.90 Å². The molecule has 1 aliphatic heterocycles. The molecule has 3 rings (SSSR count). The zero-order valence-electron chi connectivity index (χ0n) is 11.1. The van der Waals surface area contributed by atoms with Gasteiger partial charge in [-0.1, -0.05) is 23.8 Å². The van der Waals surface area contributed by atoms with Crippen LogP contribution in [0.2, 0.25) is 0 Å². The molecule has 1 heterocycles. The average molecular weight is 259 g/mol. The van der Waals surface area contributed by atoms with E-state index in [0.717, 1.165) is 16.7 Å². The number of rotatable bonds is 3. The fourth-order valence-corrected chi connectivity index (χ4v) is 2.82. The predicted molar refractivity (Wildman–Crippen MR) is 69.2 cm³/mol. The van der Waals surface area contributed by atoms with Crippen molar-refractivity contribution >= 4 is 11.8 Å². The number of β-amino-alcohol motifs (C(OH)–C–C–N with tert-alkyl or cyclic N) is 1. The van der Waals surface area contributed by atoms with Crippen LogP contribution in [-0.2, 0) is 9.59 Å². The first-order valence-corrected chi connectivity index (χ1v) is 6.59. The molecule has 4 nitrogen and oxygen atoms in total. The van der Waals surface area contributed by atoms with Gasteiger partial charge >= 0.3 is 0 Å². The molecular weight excluding hydrogens is 242 g/mol. The van der Waals surface area contributed by atoms with Crippen LogP contribution in [0.25, 0.3) is 0 Å². The number of imide groups is 1. The average Bonchev–Trinajstić information content (AvgIpc) is 3.13. The first kappa shape index (κ1) is 12.4. The van der Waals surface area contributed by atoms with Crippen molar-refractivity contribution in [3.63, 3.8) is 0 Å². The van der Waals surface area contributed by atoms with Gasteiger partial charge in [0, 0.05) is 0 Å². The summed E-state index contributed by atoms with van der Waals surface area (Å²) in [6, 6.07) is 5.83. The smallest absolute Gasteiger partial charge is 0.233 e. The highest BCUT2D eigenvalue weighted by Gasteiger charge is 2.58. The molecule has 1 aliphatic carbocycles.